The summed E-state index contributed by atoms with van der Waals surface area (Å²) in [4.78, 5) is 0. The Morgan fingerprint density at radius 2 is 1.62 bits per heavy atom. The third-order valence-corrected chi connectivity index (χ3v) is 5.99. The molecule has 0 unspecified atom stereocenters. The molecule has 0 fully saturated rings. The lowest BCUT2D eigenvalue weighted by atomic mass is 9.79. The second kappa shape index (κ2) is 7.21. The minimum atomic E-state index is -0.829. The Morgan fingerprint density at radius 1 is 0.952 bits per heavy atom. The first kappa shape index (κ1) is 16.9. The van der Waals surface area contributed by atoms with Gasteiger partial charge in [0.25, 0.3) is 0 Å². The van der Waals surface area contributed by atoms with E-state index >= 15 is 0 Å². The Balaban J connectivity index is 2.49. The van der Waals surface area contributed by atoms with Crippen LogP contribution >= 0.6 is 43.5 Å². The SMILES string of the molecule is Fc1cccc(CC(CBr)(CBr)c2ccccc2Cl)c1F. The quantitative estimate of drug-likeness (QED) is 0.511. The van der Waals surface area contributed by atoms with Gasteiger partial charge >= 0.3 is 0 Å². The first-order chi connectivity index (χ1) is 10.0. The lowest BCUT2D eigenvalue weighted by Gasteiger charge is -2.32. The summed E-state index contributed by atoms with van der Waals surface area (Å²) in [6.45, 7) is 0. The molecule has 0 atom stereocenters. The van der Waals surface area contributed by atoms with E-state index in [1.807, 2.05) is 18.2 Å². The zero-order chi connectivity index (χ0) is 15.5. The predicted octanol–water partition coefficient (Wildman–Crippen LogP) is 5.89. The van der Waals surface area contributed by atoms with Crippen molar-refractivity contribution in [3.8, 4) is 0 Å². The molecule has 0 saturated carbocycles. The fourth-order valence-corrected chi connectivity index (χ4v) is 4.58. The molecule has 0 spiro atoms. The number of alkyl halides is 2. The Bertz CT molecular complexity index is 627. The molecule has 0 aliphatic carbocycles. The van der Waals surface area contributed by atoms with Gasteiger partial charge in [-0.15, -0.1) is 0 Å². The molecule has 0 aromatic heterocycles. The van der Waals surface area contributed by atoms with Gasteiger partial charge in [0.05, 0.1) is 0 Å². The zero-order valence-corrected chi connectivity index (χ0v) is 15.0. The molecule has 0 N–H and O–H groups in total. The molecule has 0 bridgehead atoms. The number of halogens is 5. The van der Waals surface area contributed by atoms with E-state index in [0.29, 0.717) is 27.7 Å². The molecule has 2 rings (SSSR count). The van der Waals surface area contributed by atoms with Gasteiger partial charge in [0.15, 0.2) is 11.6 Å². The lowest BCUT2D eigenvalue weighted by Crippen LogP contribution is -2.33. The van der Waals surface area contributed by atoms with Crippen molar-refractivity contribution >= 4 is 43.5 Å². The van der Waals surface area contributed by atoms with Crippen molar-refractivity contribution in [1.82, 2.24) is 0 Å². The van der Waals surface area contributed by atoms with Crippen molar-refractivity contribution < 1.29 is 8.78 Å². The Labute approximate surface area is 144 Å². The number of hydrogen-bond donors (Lipinski definition) is 0. The maximum atomic E-state index is 14.0. The second-order valence-corrected chi connectivity index (χ2v) is 6.45. The molecule has 0 saturated heterocycles. The molecule has 0 amide bonds. The number of rotatable bonds is 5. The van der Waals surface area contributed by atoms with Gasteiger partial charge in [-0.05, 0) is 29.7 Å². The van der Waals surface area contributed by atoms with Crippen LogP contribution in [0.15, 0.2) is 42.5 Å². The van der Waals surface area contributed by atoms with Crippen molar-refractivity contribution in [3.05, 3.63) is 70.2 Å². The normalized spacial score (nSPS) is 11.7. The minimum absolute atomic E-state index is 0.341. The van der Waals surface area contributed by atoms with Crippen LogP contribution in [0.5, 0.6) is 0 Å². The van der Waals surface area contributed by atoms with Crippen LogP contribution in [-0.2, 0) is 11.8 Å². The first-order valence-corrected chi connectivity index (χ1v) is 8.96. The van der Waals surface area contributed by atoms with Crippen LogP contribution in [0.2, 0.25) is 5.02 Å². The van der Waals surface area contributed by atoms with Crippen molar-refractivity contribution in [2.24, 2.45) is 0 Å². The molecular weight excluding hydrogens is 425 g/mol. The van der Waals surface area contributed by atoms with E-state index in [-0.39, 0.29) is 0 Å². The monoisotopic (exact) mass is 436 g/mol. The maximum absolute atomic E-state index is 14.0. The van der Waals surface area contributed by atoms with E-state index in [9.17, 15) is 8.78 Å². The van der Waals surface area contributed by atoms with Gasteiger partial charge in [-0.25, -0.2) is 8.78 Å². The van der Waals surface area contributed by atoms with Crippen LogP contribution < -0.4 is 0 Å². The molecule has 112 valence electrons. The van der Waals surface area contributed by atoms with Crippen molar-refractivity contribution in [1.29, 1.82) is 0 Å². The third kappa shape index (κ3) is 3.49. The third-order valence-electron chi connectivity index (χ3n) is 3.52. The fourth-order valence-electron chi connectivity index (χ4n) is 2.31. The molecule has 0 radical (unpaired) electrons. The Hall–Kier alpha value is -0.450. The average Bonchev–Trinajstić information content (AvgIpc) is 2.50. The van der Waals surface area contributed by atoms with Crippen molar-refractivity contribution in [2.45, 2.75) is 11.8 Å². The second-order valence-electron chi connectivity index (χ2n) is 4.92. The van der Waals surface area contributed by atoms with Gasteiger partial charge in [0.2, 0.25) is 0 Å². The molecule has 5 heteroatoms. The largest absolute Gasteiger partial charge is 0.204 e. The van der Waals surface area contributed by atoms with Gasteiger partial charge < -0.3 is 0 Å². The summed E-state index contributed by atoms with van der Waals surface area (Å²) in [7, 11) is 0. The van der Waals surface area contributed by atoms with E-state index in [1.54, 1.807) is 12.1 Å². The summed E-state index contributed by atoms with van der Waals surface area (Å²) in [5.41, 5.74) is 0.797. The highest BCUT2D eigenvalue weighted by atomic mass is 79.9. The first-order valence-electron chi connectivity index (χ1n) is 6.34. The Kier molecular flexibility index (Phi) is 5.81. The summed E-state index contributed by atoms with van der Waals surface area (Å²) >= 11 is 13.3. The van der Waals surface area contributed by atoms with Crippen LogP contribution in [0.1, 0.15) is 11.1 Å². The molecule has 0 aliphatic heterocycles. The Morgan fingerprint density at radius 3 is 2.24 bits per heavy atom. The van der Waals surface area contributed by atoms with E-state index in [1.165, 1.54) is 6.07 Å². The van der Waals surface area contributed by atoms with Crippen molar-refractivity contribution in [2.75, 3.05) is 10.7 Å². The predicted molar refractivity (Wildman–Crippen MR) is 90.8 cm³/mol. The molecule has 2 aromatic carbocycles. The summed E-state index contributed by atoms with van der Waals surface area (Å²) in [6.07, 6.45) is 0.344. The lowest BCUT2D eigenvalue weighted by molar-refractivity contribution is 0.476. The van der Waals surface area contributed by atoms with Crippen LogP contribution in [0.25, 0.3) is 0 Å². The highest BCUT2D eigenvalue weighted by Gasteiger charge is 2.33. The number of benzene rings is 2. The van der Waals surface area contributed by atoms with Crippen molar-refractivity contribution in [3.63, 3.8) is 0 Å². The smallest absolute Gasteiger partial charge is 0.162 e. The van der Waals surface area contributed by atoms with Gasteiger partial charge in [-0.3, -0.25) is 0 Å². The summed E-state index contributed by atoms with van der Waals surface area (Å²) in [5, 5.41) is 1.77. The van der Waals surface area contributed by atoms with Crippen LogP contribution in [0.4, 0.5) is 8.78 Å². The number of hydrogen-bond acceptors (Lipinski definition) is 0. The van der Waals surface area contributed by atoms with Gasteiger partial charge in [0.1, 0.15) is 0 Å². The molecule has 0 nitrogen and oxygen atoms in total. The standard InChI is InChI=1S/C16H13Br2ClF2/c17-9-16(10-18,12-5-1-2-6-13(12)19)8-11-4-3-7-14(20)15(11)21/h1-7H,8-10H2. The molecule has 0 aliphatic rings. The van der Waals surface area contributed by atoms with E-state index in [4.69, 9.17) is 11.6 Å². The topological polar surface area (TPSA) is 0 Å². The molecule has 0 heterocycles. The fraction of sp³-hybridized carbons (Fsp3) is 0.250. The van der Waals surface area contributed by atoms with E-state index in [0.717, 1.165) is 11.6 Å². The molecular formula is C16H13Br2ClF2. The van der Waals surface area contributed by atoms with Gasteiger partial charge in [0, 0.05) is 21.1 Å². The average molecular weight is 439 g/mol. The summed E-state index contributed by atoms with van der Waals surface area (Å²) in [6, 6.07) is 11.7. The molecule has 2 aromatic rings. The minimum Gasteiger partial charge on any atom is -0.204 e. The highest BCUT2D eigenvalue weighted by Crippen LogP contribution is 2.37. The van der Waals surface area contributed by atoms with E-state index < -0.39 is 17.0 Å². The van der Waals surface area contributed by atoms with Gasteiger partial charge in [-0.2, -0.15) is 0 Å². The summed E-state index contributed by atoms with van der Waals surface area (Å²) in [5.74, 6) is -1.62. The summed E-state index contributed by atoms with van der Waals surface area (Å²) < 4.78 is 27.4. The maximum Gasteiger partial charge on any atom is 0.162 e. The van der Waals surface area contributed by atoms with Gasteiger partial charge in [-0.1, -0.05) is 73.8 Å². The van der Waals surface area contributed by atoms with E-state index in [2.05, 4.69) is 31.9 Å². The zero-order valence-electron chi connectivity index (χ0n) is 11.1. The highest BCUT2D eigenvalue weighted by molar-refractivity contribution is 9.09. The van der Waals surface area contributed by atoms with Crippen LogP contribution in [0.3, 0.4) is 0 Å². The van der Waals surface area contributed by atoms with Crippen LogP contribution in [-0.4, -0.2) is 10.7 Å². The molecule has 21 heavy (non-hydrogen) atoms. The van der Waals surface area contributed by atoms with Crippen LogP contribution in [0, 0.1) is 11.6 Å².